The molecule has 0 radical (unpaired) electrons. The van der Waals surface area contributed by atoms with Crippen molar-refractivity contribution in [2.75, 3.05) is 11.9 Å². The number of amides is 1. The third-order valence-corrected chi connectivity index (χ3v) is 3.80. The van der Waals surface area contributed by atoms with Crippen molar-refractivity contribution < 1.29 is 9.53 Å². The van der Waals surface area contributed by atoms with Gasteiger partial charge in [-0.25, -0.2) is 0 Å². The number of carbonyl (C=O) groups excluding carboxylic acids is 1. The summed E-state index contributed by atoms with van der Waals surface area (Å²) in [5.74, 6) is 1.39. The van der Waals surface area contributed by atoms with E-state index < -0.39 is 0 Å². The summed E-state index contributed by atoms with van der Waals surface area (Å²) in [5.41, 5.74) is 3.14. The monoisotopic (exact) mass is 329 g/mol. The second kappa shape index (κ2) is 7.07. The normalized spacial score (nSPS) is 11.6. The number of nitrogens with zero attached hydrogens (tertiary/aromatic N) is 1. The number of nitrogens with one attached hydrogen (secondary N) is 2. The number of aromatic nitrogens is 2. The summed E-state index contributed by atoms with van der Waals surface area (Å²) < 4.78 is 5.74. The summed E-state index contributed by atoms with van der Waals surface area (Å²) in [5, 5.41) is 9.84. The SMILES string of the molecule is Cc1ccc(C(C)C)c(OCC(=O)Nc2cc(C(C)(C)C)[nH]n2)c1. The van der Waals surface area contributed by atoms with E-state index in [-0.39, 0.29) is 17.9 Å². The Balaban J connectivity index is 1.99. The Hall–Kier alpha value is -2.30. The zero-order valence-corrected chi connectivity index (χ0v) is 15.4. The van der Waals surface area contributed by atoms with Crippen LogP contribution in [-0.4, -0.2) is 22.7 Å². The molecule has 0 fully saturated rings. The van der Waals surface area contributed by atoms with Gasteiger partial charge in [-0.15, -0.1) is 0 Å². The van der Waals surface area contributed by atoms with Crippen molar-refractivity contribution in [2.45, 2.75) is 52.9 Å². The summed E-state index contributed by atoms with van der Waals surface area (Å²) in [6.07, 6.45) is 0. The molecule has 130 valence electrons. The van der Waals surface area contributed by atoms with Gasteiger partial charge in [0.05, 0.1) is 0 Å². The minimum Gasteiger partial charge on any atom is -0.483 e. The minimum atomic E-state index is -0.224. The Morgan fingerprint density at radius 1 is 1.29 bits per heavy atom. The van der Waals surface area contributed by atoms with Gasteiger partial charge in [-0.05, 0) is 30.0 Å². The molecule has 0 bridgehead atoms. The number of H-pyrrole nitrogens is 1. The fraction of sp³-hybridized carbons (Fsp3) is 0.474. The molecule has 0 aliphatic carbocycles. The number of benzene rings is 1. The van der Waals surface area contributed by atoms with E-state index in [1.807, 2.05) is 19.1 Å². The lowest BCUT2D eigenvalue weighted by molar-refractivity contribution is -0.118. The van der Waals surface area contributed by atoms with Gasteiger partial charge in [0.1, 0.15) is 5.75 Å². The van der Waals surface area contributed by atoms with Gasteiger partial charge in [0.2, 0.25) is 0 Å². The highest BCUT2D eigenvalue weighted by Gasteiger charge is 2.17. The third kappa shape index (κ3) is 4.60. The van der Waals surface area contributed by atoms with E-state index in [2.05, 4.69) is 62.3 Å². The highest BCUT2D eigenvalue weighted by atomic mass is 16.5. The molecule has 1 aromatic heterocycles. The van der Waals surface area contributed by atoms with E-state index in [0.29, 0.717) is 11.7 Å². The van der Waals surface area contributed by atoms with Crippen LogP contribution in [0, 0.1) is 6.92 Å². The van der Waals surface area contributed by atoms with Gasteiger partial charge in [-0.2, -0.15) is 5.10 Å². The molecular weight excluding hydrogens is 302 g/mol. The van der Waals surface area contributed by atoms with Crippen molar-refractivity contribution in [2.24, 2.45) is 0 Å². The number of aromatic amines is 1. The highest BCUT2D eigenvalue weighted by molar-refractivity contribution is 5.91. The van der Waals surface area contributed by atoms with Gasteiger partial charge in [0.15, 0.2) is 12.4 Å². The first-order chi connectivity index (χ1) is 11.2. The van der Waals surface area contributed by atoms with E-state index in [1.165, 1.54) is 0 Å². The number of aryl methyl sites for hydroxylation is 1. The van der Waals surface area contributed by atoms with Crippen molar-refractivity contribution >= 4 is 11.7 Å². The van der Waals surface area contributed by atoms with Gasteiger partial charge in [0, 0.05) is 17.2 Å². The van der Waals surface area contributed by atoms with Crippen LogP contribution in [0.25, 0.3) is 0 Å². The highest BCUT2D eigenvalue weighted by Crippen LogP contribution is 2.27. The molecule has 0 atom stereocenters. The lowest BCUT2D eigenvalue weighted by atomic mass is 9.92. The number of carbonyl (C=O) groups is 1. The van der Waals surface area contributed by atoms with E-state index in [4.69, 9.17) is 4.74 Å². The Labute approximate surface area is 143 Å². The Kier molecular flexibility index (Phi) is 5.32. The molecule has 24 heavy (non-hydrogen) atoms. The van der Waals surface area contributed by atoms with Crippen LogP contribution in [0.1, 0.15) is 57.4 Å². The third-order valence-electron chi connectivity index (χ3n) is 3.80. The van der Waals surface area contributed by atoms with Crippen LogP contribution in [0.5, 0.6) is 5.75 Å². The van der Waals surface area contributed by atoms with Crippen molar-refractivity contribution in [3.05, 3.63) is 41.1 Å². The smallest absolute Gasteiger partial charge is 0.263 e. The molecule has 1 aromatic carbocycles. The van der Waals surface area contributed by atoms with Crippen LogP contribution in [-0.2, 0) is 10.2 Å². The lowest BCUT2D eigenvalue weighted by Crippen LogP contribution is -2.21. The first kappa shape index (κ1) is 18.0. The molecule has 2 rings (SSSR count). The largest absolute Gasteiger partial charge is 0.483 e. The predicted octanol–water partition coefficient (Wildman–Crippen LogP) is 4.16. The second-order valence-corrected chi connectivity index (χ2v) is 7.45. The van der Waals surface area contributed by atoms with E-state index >= 15 is 0 Å². The maximum atomic E-state index is 12.1. The fourth-order valence-corrected chi connectivity index (χ4v) is 2.34. The fourth-order valence-electron chi connectivity index (χ4n) is 2.34. The van der Waals surface area contributed by atoms with Gasteiger partial charge in [0.25, 0.3) is 5.91 Å². The average molecular weight is 329 g/mol. The second-order valence-electron chi connectivity index (χ2n) is 7.45. The number of hydrogen-bond acceptors (Lipinski definition) is 3. The van der Waals surface area contributed by atoms with Crippen LogP contribution in [0.15, 0.2) is 24.3 Å². The average Bonchev–Trinajstić information content (AvgIpc) is 2.93. The van der Waals surface area contributed by atoms with E-state index in [1.54, 1.807) is 0 Å². The maximum absolute atomic E-state index is 12.1. The van der Waals surface area contributed by atoms with Crippen LogP contribution < -0.4 is 10.1 Å². The molecule has 5 heteroatoms. The summed E-state index contributed by atoms with van der Waals surface area (Å²) in [6.45, 7) is 12.4. The van der Waals surface area contributed by atoms with Crippen molar-refractivity contribution in [1.29, 1.82) is 0 Å². The molecule has 1 heterocycles. The minimum absolute atomic E-state index is 0.0408. The van der Waals surface area contributed by atoms with Crippen molar-refractivity contribution in [3.8, 4) is 5.75 Å². The van der Waals surface area contributed by atoms with Crippen LogP contribution >= 0.6 is 0 Å². The first-order valence-corrected chi connectivity index (χ1v) is 8.26. The van der Waals surface area contributed by atoms with Crippen LogP contribution in [0.4, 0.5) is 5.82 Å². The topological polar surface area (TPSA) is 67.0 Å². The molecule has 0 aliphatic rings. The standard InChI is InChI=1S/C19H27N3O2/c1-12(2)14-8-7-13(3)9-15(14)24-11-18(23)20-17-10-16(21-22-17)19(4,5)6/h7-10,12H,11H2,1-6H3,(H2,20,21,22,23). The number of ether oxygens (including phenoxy) is 1. The first-order valence-electron chi connectivity index (χ1n) is 8.26. The van der Waals surface area contributed by atoms with Gasteiger partial charge in [-0.1, -0.05) is 46.8 Å². The molecule has 2 N–H and O–H groups in total. The lowest BCUT2D eigenvalue weighted by Gasteiger charge is -2.15. The van der Waals surface area contributed by atoms with E-state index in [9.17, 15) is 4.79 Å². The van der Waals surface area contributed by atoms with Crippen LogP contribution in [0.2, 0.25) is 0 Å². The van der Waals surface area contributed by atoms with Crippen LogP contribution in [0.3, 0.4) is 0 Å². The molecule has 0 spiro atoms. The van der Waals surface area contributed by atoms with Gasteiger partial charge < -0.3 is 10.1 Å². The molecule has 0 aliphatic heterocycles. The maximum Gasteiger partial charge on any atom is 0.263 e. The quantitative estimate of drug-likeness (QED) is 0.865. The van der Waals surface area contributed by atoms with Gasteiger partial charge in [-0.3, -0.25) is 9.89 Å². The zero-order chi connectivity index (χ0) is 17.9. The molecule has 0 saturated heterocycles. The van der Waals surface area contributed by atoms with Crippen molar-refractivity contribution in [3.63, 3.8) is 0 Å². The summed E-state index contributed by atoms with van der Waals surface area (Å²) in [7, 11) is 0. The van der Waals surface area contributed by atoms with E-state index in [0.717, 1.165) is 22.6 Å². The zero-order valence-electron chi connectivity index (χ0n) is 15.4. The molecule has 2 aromatic rings. The molecule has 0 saturated carbocycles. The Bertz CT molecular complexity index is 712. The molecule has 1 amide bonds. The Morgan fingerprint density at radius 3 is 2.58 bits per heavy atom. The van der Waals surface area contributed by atoms with Crippen molar-refractivity contribution in [1.82, 2.24) is 10.2 Å². The summed E-state index contributed by atoms with van der Waals surface area (Å²) in [6, 6.07) is 7.93. The molecule has 5 nitrogen and oxygen atoms in total. The number of anilines is 1. The molecular formula is C19H27N3O2. The Morgan fingerprint density at radius 2 is 2.00 bits per heavy atom. The van der Waals surface area contributed by atoms with Gasteiger partial charge >= 0.3 is 0 Å². The summed E-state index contributed by atoms with van der Waals surface area (Å²) >= 11 is 0. The molecule has 0 unspecified atom stereocenters. The number of rotatable bonds is 5. The predicted molar refractivity (Wildman–Crippen MR) is 96.7 cm³/mol. The number of hydrogen-bond donors (Lipinski definition) is 2. The summed E-state index contributed by atoms with van der Waals surface area (Å²) in [4.78, 5) is 12.1.